The summed E-state index contributed by atoms with van der Waals surface area (Å²) in [7, 11) is 3.29. The number of amides is 2. The Hall–Kier alpha value is -2.38. The average molecular weight is 434 g/mol. The largest absolute Gasteiger partial charge is 0.495 e. The van der Waals surface area contributed by atoms with Gasteiger partial charge in [-0.3, -0.25) is 14.5 Å². The van der Waals surface area contributed by atoms with E-state index in [1.807, 2.05) is 37.3 Å². The number of benzene rings is 2. The highest BCUT2D eigenvalue weighted by Crippen LogP contribution is 2.23. The third kappa shape index (κ3) is 5.80. The van der Waals surface area contributed by atoms with Crippen LogP contribution in [-0.4, -0.2) is 43.5 Å². The van der Waals surface area contributed by atoms with E-state index in [0.29, 0.717) is 11.4 Å². The van der Waals surface area contributed by atoms with Gasteiger partial charge in [0.05, 0.1) is 25.4 Å². The van der Waals surface area contributed by atoms with Crippen LogP contribution in [0, 0.1) is 6.92 Å². The molecule has 0 saturated carbocycles. The van der Waals surface area contributed by atoms with Crippen molar-refractivity contribution in [3.8, 4) is 5.75 Å². The zero-order chi connectivity index (χ0) is 20.0. The van der Waals surface area contributed by atoms with Crippen molar-refractivity contribution in [1.29, 1.82) is 0 Å². The first-order valence-electron chi connectivity index (χ1n) is 8.52. The van der Waals surface area contributed by atoms with Crippen LogP contribution < -0.4 is 15.4 Å². The van der Waals surface area contributed by atoms with Gasteiger partial charge in [-0.15, -0.1) is 0 Å². The molecule has 2 aromatic carbocycles. The molecule has 0 radical (unpaired) electrons. The summed E-state index contributed by atoms with van der Waals surface area (Å²) in [6.07, 6.45) is 0. The predicted octanol–water partition coefficient (Wildman–Crippen LogP) is 3.66. The lowest BCUT2D eigenvalue weighted by Crippen LogP contribution is -2.43. The first-order valence-corrected chi connectivity index (χ1v) is 9.31. The Labute approximate surface area is 168 Å². The molecule has 0 unspecified atom stereocenters. The first-order chi connectivity index (χ1) is 12.8. The molecule has 0 bridgehead atoms. The number of nitrogens with one attached hydrogen (secondary N) is 2. The Balaban J connectivity index is 1.94. The maximum Gasteiger partial charge on any atom is 0.241 e. The molecule has 0 aromatic heterocycles. The Morgan fingerprint density at radius 3 is 2.52 bits per heavy atom. The zero-order valence-electron chi connectivity index (χ0n) is 15.9. The number of likely N-dealkylation sites (N-methyl/N-ethyl adjacent to an activating group) is 1. The summed E-state index contributed by atoms with van der Waals surface area (Å²) in [4.78, 5) is 26.5. The third-order valence-corrected chi connectivity index (χ3v) is 4.75. The van der Waals surface area contributed by atoms with Crippen molar-refractivity contribution >= 4 is 39.1 Å². The number of hydrogen-bond donors (Lipinski definition) is 2. The summed E-state index contributed by atoms with van der Waals surface area (Å²) < 4.78 is 6.20. The van der Waals surface area contributed by atoms with Crippen molar-refractivity contribution in [1.82, 2.24) is 4.90 Å². The minimum absolute atomic E-state index is 0.0933. The maximum atomic E-state index is 12.5. The molecule has 27 heavy (non-hydrogen) atoms. The monoisotopic (exact) mass is 433 g/mol. The molecule has 1 atom stereocenters. The molecular formula is C20H24BrN3O3. The van der Waals surface area contributed by atoms with E-state index < -0.39 is 6.04 Å². The molecule has 0 fully saturated rings. The molecular weight excluding hydrogens is 410 g/mol. The lowest BCUT2D eigenvalue weighted by atomic mass is 10.2. The minimum Gasteiger partial charge on any atom is -0.495 e. The fourth-order valence-electron chi connectivity index (χ4n) is 2.51. The SMILES string of the molecule is COc1ccccc1NC(=O)[C@H](C)N(C)CC(=O)Nc1ccc(Br)cc1C. The van der Waals surface area contributed by atoms with Gasteiger partial charge >= 0.3 is 0 Å². The van der Waals surface area contributed by atoms with Gasteiger partial charge in [0.2, 0.25) is 11.8 Å². The van der Waals surface area contributed by atoms with Crippen molar-refractivity contribution in [2.75, 3.05) is 31.3 Å². The molecule has 2 N–H and O–H groups in total. The predicted molar refractivity (Wildman–Crippen MR) is 111 cm³/mol. The van der Waals surface area contributed by atoms with Crippen molar-refractivity contribution in [3.63, 3.8) is 0 Å². The highest BCUT2D eigenvalue weighted by molar-refractivity contribution is 9.10. The summed E-state index contributed by atoms with van der Waals surface area (Å²) >= 11 is 3.40. The van der Waals surface area contributed by atoms with Gasteiger partial charge in [-0.05, 0) is 56.8 Å². The molecule has 0 saturated heterocycles. The Kier molecular flexibility index (Phi) is 7.38. The number of nitrogens with zero attached hydrogens (tertiary/aromatic N) is 1. The highest BCUT2D eigenvalue weighted by Gasteiger charge is 2.21. The van der Waals surface area contributed by atoms with E-state index in [0.717, 1.165) is 15.7 Å². The Bertz CT molecular complexity index is 826. The number of halogens is 1. The minimum atomic E-state index is -0.494. The molecule has 6 nitrogen and oxygen atoms in total. The number of hydrogen-bond acceptors (Lipinski definition) is 4. The van der Waals surface area contributed by atoms with Gasteiger partial charge in [-0.1, -0.05) is 28.1 Å². The molecule has 144 valence electrons. The third-order valence-electron chi connectivity index (χ3n) is 4.26. The van der Waals surface area contributed by atoms with Crippen LogP contribution in [0.4, 0.5) is 11.4 Å². The van der Waals surface area contributed by atoms with Gasteiger partial charge in [0, 0.05) is 10.2 Å². The van der Waals surface area contributed by atoms with Gasteiger partial charge in [-0.25, -0.2) is 0 Å². The van der Waals surface area contributed by atoms with E-state index in [4.69, 9.17) is 4.74 Å². The van der Waals surface area contributed by atoms with Crippen molar-refractivity contribution in [2.24, 2.45) is 0 Å². The highest BCUT2D eigenvalue weighted by atomic mass is 79.9. The standard InChI is InChI=1S/C20H24BrN3O3/c1-13-11-15(21)9-10-16(13)22-19(25)12-24(3)14(2)20(26)23-17-7-5-6-8-18(17)27-4/h5-11,14H,12H2,1-4H3,(H,22,25)(H,23,26)/t14-/m0/s1. The molecule has 0 aliphatic rings. The summed E-state index contributed by atoms with van der Waals surface area (Å²) in [5.41, 5.74) is 2.31. The second-order valence-electron chi connectivity index (χ2n) is 6.29. The second-order valence-corrected chi connectivity index (χ2v) is 7.20. The van der Waals surface area contributed by atoms with Gasteiger partial charge in [0.25, 0.3) is 0 Å². The maximum absolute atomic E-state index is 12.5. The van der Waals surface area contributed by atoms with Crippen LogP contribution in [0.5, 0.6) is 5.75 Å². The molecule has 0 spiro atoms. The number of rotatable bonds is 7. The number of anilines is 2. The molecule has 0 aliphatic carbocycles. The van der Waals surface area contributed by atoms with E-state index in [2.05, 4.69) is 26.6 Å². The van der Waals surface area contributed by atoms with Crippen LogP contribution in [0.3, 0.4) is 0 Å². The smallest absolute Gasteiger partial charge is 0.241 e. The van der Waals surface area contributed by atoms with Gasteiger partial charge < -0.3 is 15.4 Å². The zero-order valence-corrected chi connectivity index (χ0v) is 17.5. The number of carbonyl (C=O) groups excluding carboxylic acids is 2. The van der Waals surface area contributed by atoms with Gasteiger partial charge in [-0.2, -0.15) is 0 Å². The molecule has 0 aliphatic heterocycles. The molecule has 2 aromatic rings. The number of para-hydroxylation sites is 2. The van der Waals surface area contributed by atoms with E-state index >= 15 is 0 Å². The van der Waals surface area contributed by atoms with Crippen LogP contribution in [0.25, 0.3) is 0 Å². The lowest BCUT2D eigenvalue weighted by molar-refractivity contribution is -0.122. The molecule has 2 rings (SSSR count). The average Bonchev–Trinajstić information content (AvgIpc) is 2.63. The summed E-state index contributed by atoms with van der Waals surface area (Å²) in [6.45, 7) is 3.77. The van der Waals surface area contributed by atoms with Crippen molar-refractivity contribution in [2.45, 2.75) is 19.9 Å². The van der Waals surface area contributed by atoms with Crippen LogP contribution >= 0.6 is 15.9 Å². The summed E-state index contributed by atoms with van der Waals surface area (Å²) in [5, 5.41) is 5.71. The number of methoxy groups -OCH3 is 1. The summed E-state index contributed by atoms with van der Waals surface area (Å²) in [6, 6.07) is 12.4. The number of aryl methyl sites for hydroxylation is 1. The van der Waals surface area contributed by atoms with Gasteiger partial charge in [0.15, 0.2) is 0 Å². The van der Waals surface area contributed by atoms with E-state index in [9.17, 15) is 9.59 Å². The Morgan fingerprint density at radius 2 is 1.85 bits per heavy atom. The summed E-state index contributed by atoms with van der Waals surface area (Å²) in [5.74, 6) is 0.193. The second kappa shape index (κ2) is 9.53. The topological polar surface area (TPSA) is 70.7 Å². The van der Waals surface area contributed by atoms with Crippen molar-refractivity contribution < 1.29 is 14.3 Å². The fourth-order valence-corrected chi connectivity index (χ4v) is 2.98. The Morgan fingerprint density at radius 1 is 1.15 bits per heavy atom. The fraction of sp³-hybridized carbons (Fsp3) is 0.300. The van der Waals surface area contributed by atoms with Crippen LogP contribution in [0.15, 0.2) is 46.9 Å². The quantitative estimate of drug-likeness (QED) is 0.698. The molecule has 7 heteroatoms. The number of ether oxygens (including phenoxy) is 1. The van der Waals surface area contributed by atoms with E-state index in [-0.39, 0.29) is 18.4 Å². The number of carbonyl (C=O) groups is 2. The van der Waals surface area contributed by atoms with E-state index in [1.165, 1.54) is 0 Å². The lowest BCUT2D eigenvalue weighted by Gasteiger charge is -2.24. The van der Waals surface area contributed by atoms with Crippen LogP contribution in [-0.2, 0) is 9.59 Å². The van der Waals surface area contributed by atoms with Crippen molar-refractivity contribution in [3.05, 3.63) is 52.5 Å². The first kappa shape index (κ1) is 20.9. The normalized spacial score (nSPS) is 11.8. The van der Waals surface area contributed by atoms with Crippen LogP contribution in [0.2, 0.25) is 0 Å². The van der Waals surface area contributed by atoms with Crippen LogP contribution in [0.1, 0.15) is 12.5 Å². The van der Waals surface area contributed by atoms with E-state index in [1.54, 1.807) is 38.1 Å². The molecule has 2 amide bonds. The van der Waals surface area contributed by atoms with Gasteiger partial charge in [0.1, 0.15) is 5.75 Å². The molecule has 0 heterocycles.